The molecule has 25 heavy (non-hydrogen) atoms. The van der Waals surface area contributed by atoms with E-state index in [2.05, 4.69) is 27.0 Å². The minimum Gasteiger partial charge on any atom is -0.352 e. The molecule has 0 saturated heterocycles. The molecule has 0 radical (unpaired) electrons. The van der Waals surface area contributed by atoms with Crippen LogP contribution in [0.1, 0.15) is 32.6 Å². The predicted molar refractivity (Wildman–Crippen MR) is 99.2 cm³/mol. The molecule has 2 aliphatic rings. The van der Waals surface area contributed by atoms with Gasteiger partial charge in [0.15, 0.2) is 11.0 Å². The predicted octanol–water partition coefficient (Wildman–Crippen LogP) is 3.36. The number of rotatable bonds is 6. The highest BCUT2D eigenvalue weighted by Gasteiger charge is 2.40. The molecule has 2 fully saturated rings. The zero-order chi connectivity index (χ0) is 17.2. The van der Waals surface area contributed by atoms with E-state index in [-0.39, 0.29) is 5.91 Å². The van der Waals surface area contributed by atoms with Crippen LogP contribution in [0.5, 0.6) is 0 Å². The Balaban J connectivity index is 1.38. The molecule has 0 spiro atoms. The van der Waals surface area contributed by atoms with Crippen LogP contribution in [0, 0.1) is 11.8 Å². The first kappa shape index (κ1) is 16.6. The van der Waals surface area contributed by atoms with Gasteiger partial charge in [-0.3, -0.25) is 4.79 Å². The Labute approximate surface area is 152 Å². The van der Waals surface area contributed by atoms with Crippen LogP contribution < -0.4 is 5.32 Å². The molecule has 3 unspecified atom stereocenters. The molecule has 0 aliphatic heterocycles. The molecule has 1 aromatic carbocycles. The van der Waals surface area contributed by atoms with Gasteiger partial charge in [-0.2, -0.15) is 0 Å². The summed E-state index contributed by atoms with van der Waals surface area (Å²) in [7, 11) is 0. The molecule has 2 aliphatic carbocycles. The second-order valence-electron chi connectivity index (χ2n) is 7.05. The second kappa shape index (κ2) is 7.20. The number of nitrogens with one attached hydrogen (secondary N) is 1. The van der Waals surface area contributed by atoms with Crippen LogP contribution in [0.2, 0.25) is 0 Å². The second-order valence-corrected chi connectivity index (χ2v) is 8.00. The molecule has 2 saturated carbocycles. The number of benzene rings is 1. The average molecular weight is 356 g/mol. The summed E-state index contributed by atoms with van der Waals surface area (Å²) in [5.41, 5.74) is 1.05. The largest absolute Gasteiger partial charge is 0.352 e. The zero-order valence-electron chi connectivity index (χ0n) is 14.5. The lowest BCUT2D eigenvalue weighted by Gasteiger charge is -2.22. The van der Waals surface area contributed by atoms with E-state index < -0.39 is 0 Å². The maximum atomic E-state index is 12.3. The molecule has 4 rings (SSSR count). The van der Waals surface area contributed by atoms with Crippen molar-refractivity contribution in [2.75, 3.05) is 5.75 Å². The smallest absolute Gasteiger partial charge is 0.230 e. The summed E-state index contributed by atoms with van der Waals surface area (Å²) in [5.74, 6) is 2.94. The van der Waals surface area contributed by atoms with Crippen LogP contribution in [0.15, 0.2) is 35.5 Å². The highest BCUT2D eigenvalue weighted by Crippen LogP contribution is 2.44. The zero-order valence-corrected chi connectivity index (χ0v) is 15.3. The molecule has 3 atom stereocenters. The molecule has 5 nitrogen and oxygen atoms in total. The van der Waals surface area contributed by atoms with E-state index in [9.17, 15) is 4.79 Å². The van der Waals surface area contributed by atoms with Crippen molar-refractivity contribution in [2.45, 2.75) is 50.4 Å². The number of hydrogen-bond donors (Lipinski definition) is 1. The topological polar surface area (TPSA) is 59.8 Å². The number of amides is 1. The lowest BCUT2D eigenvalue weighted by molar-refractivity contribution is -0.119. The van der Waals surface area contributed by atoms with Crippen molar-refractivity contribution in [3.63, 3.8) is 0 Å². The summed E-state index contributed by atoms with van der Waals surface area (Å²) in [5, 5.41) is 12.7. The molecule has 1 amide bonds. The van der Waals surface area contributed by atoms with Crippen molar-refractivity contribution in [3.8, 4) is 11.4 Å². The number of fused-ring (bicyclic) bond motifs is 2. The molecule has 1 heterocycles. The van der Waals surface area contributed by atoms with Crippen molar-refractivity contribution >= 4 is 17.7 Å². The Morgan fingerprint density at radius 1 is 1.24 bits per heavy atom. The molecule has 2 bridgehead atoms. The lowest BCUT2D eigenvalue weighted by atomic mass is 9.95. The fourth-order valence-electron chi connectivity index (χ4n) is 4.28. The van der Waals surface area contributed by atoms with Gasteiger partial charge >= 0.3 is 0 Å². The number of carbonyl (C=O) groups excluding carboxylic acids is 1. The maximum Gasteiger partial charge on any atom is 0.230 e. The van der Waals surface area contributed by atoms with Crippen LogP contribution in [0.4, 0.5) is 0 Å². The van der Waals surface area contributed by atoms with Crippen LogP contribution >= 0.6 is 11.8 Å². The highest BCUT2D eigenvalue weighted by atomic mass is 32.2. The lowest BCUT2D eigenvalue weighted by Crippen LogP contribution is -2.39. The van der Waals surface area contributed by atoms with Gasteiger partial charge in [-0.15, -0.1) is 10.2 Å². The van der Waals surface area contributed by atoms with E-state index >= 15 is 0 Å². The fourth-order valence-corrected chi connectivity index (χ4v) is 5.09. The first-order valence-corrected chi connectivity index (χ1v) is 10.1. The third-order valence-electron chi connectivity index (χ3n) is 5.48. The number of nitrogens with zero attached hydrogens (tertiary/aromatic N) is 3. The first-order valence-electron chi connectivity index (χ1n) is 9.15. The minimum atomic E-state index is 0.120. The summed E-state index contributed by atoms with van der Waals surface area (Å²) >= 11 is 1.48. The van der Waals surface area contributed by atoms with Gasteiger partial charge in [0.2, 0.25) is 5.91 Å². The van der Waals surface area contributed by atoms with Crippen LogP contribution in [0.25, 0.3) is 11.4 Å². The average Bonchev–Trinajstić information content (AvgIpc) is 3.35. The van der Waals surface area contributed by atoms with Gasteiger partial charge in [0.05, 0.1) is 5.75 Å². The summed E-state index contributed by atoms with van der Waals surface area (Å²) in [6.45, 7) is 2.86. The van der Waals surface area contributed by atoms with Crippen molar-refractivity contribution in [2.24, 2.45) is 11.8 Å². The molecular formula is C19H24N4OS. The highest BCUT2D eigenvalue weighted by molar-refractivity contribution is 7.99. The monoisotopic (exact) mass is 356 g/mol. The van der Waals surface area contributed by atoms with Crippen molar-refractivity contribution in [1.82, 2.24) is 20.1 Å². The van der Waals surface area contributed by atoms with E-state index in [4.69, 9.17) is 0 Å². The van der Waals surface area contributed by atoms with E-state index in [1.54, 1.807) is 0 Å². The van der Waals surface area contributed by atoms with Gasteiger partial charge in [-0.1, -0.05) is 48.5 Å². The minimum absolute atomic E-state index is 0.120. The summed E-state index contributed by atoms with van der Waals surface area (Å²) < 4.78 is 2.07. The van der Waals surface area contributed by atoms with Crippen molar-refractivity contribution in [1.29, 1.82) is 0 Å². The van der Waals surface area contributed by atoms with Crippen molar-refractivity contribution < 1.29 is 4.79 Å². The SMILES string of the molecule is CCn1c(SCC(=O)NC2CC3CCC2C3)nnc1-c1ccccc1. The fraction of sp³-hybridized carbons (Fsp3) is 0.526. The van der Waals surface area contributed by atoms with Gasteiger partial charge in [0.25, 0.3) is 0 Å². The molecule has 1 aromatic heterocycles. The van der Waals surface area contributed by atoms with E-state index in [1.807, 2.05) is 30.3 Å². The number of thioether (sulfide) groups is 1. The van der Waals surface area contributed by atoms with Crippen LogP contribution in [-0.4, -0.2) is 32.5 Å². The number of hydrogen-bond acceptors (Lipinski definition) is 4. The quantitative estimate of drug-likeness (QED) is 0.806. The summed E-state index contributed by atoms with van der Waals surface area (Å²) in [4.78, 5) is 12.3. The van der Waals surface area contributed by atoms with E-state index in [0.29, 0.717) is 17.7 Å². The van der Waals surface area contributed by atoms with Gasteiger partial charge < -0.3 is 9.88 Å². The third-order valence-corrected chi connectivity index (χ3v) is 6.45. The normalized spacial score (nSPS) is 24.6. The van der Waals surface area contributed by atoms with Gasteiger partial charge in [-0.25, -0.2) is 0 Å². The van der Waals surface area contributed by atoms with E-state index in [0.717, 1.165) is 29.0 Å². The van der Waals surface area contributed by atoms with Crippen molar-refractivity contribution in [3.05, 3.63) is 30.3 Å². The van der Waals surface area contributed by atoms with Gasteiger partial charge in [-0.05, 0) is 38.0 Å². The Morgan fingerprint density at radius 3 is 2.76 bits per heavy atom. The number of aromatic nitrogens is 3. The Morgan fingerprint density at radius 2 is 2.08 bits per heavy atom. The van der Waals surface area contributed by atoms with Crippen LogP contribution in [-0.2, 0) is 11.3 Å². The van der Waals surface area contributed by atoms with E-state index in [1.165, 1.54) is 37.4 Å². The number of carbonyl (C=O) groups is 1. The summed E-state index contributed by atoms with van der Waals surface area (Å²) in [6.07, 6.45) is 5.12. The Hall–Kier alpha value is -1.82. The van der Waals surface area contributed by atoms with Gasteiger partial charge in [0, 0.05) is 18.2 Å². The van der Waals surface area contributed by atoms with Gasteiger partial charge in [0.1, 0.15) is 0 Å². The maximum absolute atomic E-state index is 12.3. The molecule has 6 heteroatoms. The first-order chi connectivity index (χ1) is 12.2. The Kier molecular flexibility index (Phi) is 4.79. The van der Waals surface area contributed by atoms with Crippen LogP contribution in [0.3, 0.4) is 0 Å². The molecule has 1 N–H and O–H groups in total. The standard InChI is InChI=1S/C19H24N4OS/c1-2-23-18(14-6-4-3-5-7-14)21-22-19(23)25-12-17(24)20-16-11-13-8-9-15(16)10-13/h3-7,13,15-16H,2,8-12H2,1H3,(H,20,24). The Bertz CT molecular complexity index is 745. The molecular weight excluding hydrogens is 332 g/mol. The third kappa shape index (κ3) is 3.45. The molecule has 132 valence electrons. The molecule has 2 aromatic rings. The summed E-state index contributed by atoms with van der Waals surface area (Å²) in [6, 6.07) is 10.5.